The second-order valence-corrected chi connectivity index (χ2v) is 2.99. The second-order valence-electron chi connectivity index (χ2n) is 2.65. The van der Waals surface area contributed by atoms with Crippen molar-refractivity contribution in [2.45, 2.75) is 0 Å². The van der Waals surface area contributed by atoms with Crippen molar-refractivity contribution >= 4 is 11.6 Å². The van der Waals surface area contributed by atoms with E-state index in [9.17, 15) is 0 Å². The van der Waals surface area contributed by atoms with Crippen LogP contribution in [0, 0.1) is 0 Å². The summed E-state index contributed by atoms with van der Waals surface area (Å²) in [6.45, 7) is 0. The Kier molecular flexibility index (Phi) is 2.73. The van der Waals surface area contributed by atoms with E-state index in [2.05, 4.69) is 19.9 Å². The highest BCUT2D eigenvalue weighted by molar-refractivity contribution is 6.28. The minimum Gasteiger partial charge on any atom is -0.467 e. The van der Waals surface area contributed by atoms with Gasteiger partial charge < -0.3 is 4.74 Å². The summed E-state index contributed by atoms with van der Waals surface area (Å²) < 4.78 is 4.89. The van der Waals surface area contributed by atoms with E-state index >= 15 is 0 Å². The van der Waals surface area contributed by atoms with E-state index in [0.717, 1.165) is 5.56 Å². The molecule has 0 saturated carbocycles. The topological polar surface area (TPSA) is 60.8 Å². The minimum absolute atomic E-state index is 0.105. The molecule has 0 amide bonds. The zero-order valence-corrected chi connectivity index (χ0v) is 8.64. The SMILES string of the molecule is COc1nc(Cl)nc(-c2ccncc2)n1. The third-order valence-corrected chi connectivity index (χ3v) is 1.88. The van der Waals surface area contributed by atoms with Crippen LogP contribution in [0.25, 0.3) is 11.4 Å². The zero-order valence-electron chi connectivity index (χ0n) is 7.88. The van der Waals surface area contributed by atoms with Crippen molar-refractivity contribution in [2.24, 2.45) is 0 Å². The van der Waals surface area contributed by atoms with Gasteiger partial charge >= 0.3 is 6.01 Å². The predicted molar refractivity (Wildman–Crippen MR) is 54.6 cm³/mol. The third-order valence-electron chi connectivity index (χ3n) is 1.71. The van der Waals surface area contributed by atoms with Gasteiger partial charge in [0.25, 0.3) is 0 Å². The van der Waals surface area contributed by atoms with Crippen molar-refractivity contribution in [1.82, 2.24) is 19.9 Å². The first kappa shape index (κ1) is 9.79. The highest BCUT2D eigenvalue weighted by Crippen LogP contribution is 2.17. The number of pyridine rings is 1. The summed E-state index contributed by atoms with van der Waals surface area (Å²) in [7, 11) is 1.47. The van der Waals surface area contributed by atoms with Crippen LogP contribution in [0.5, 0.6) is 6.01 Å². The fraction of sp³-hybridized carbons (Fsp3) is 0.111. The Morgan fingerprint density at radius 2 is 1.87 bits per heavy atom. The van der Waals surface area contributed by atoms with Gasteiger partial charge in [0.15, 0.2) is 5.82 Å². The Hall–Kier alpha value is -1.75. The van der Waals surface area contributed by atoms with Crippen LogP contribution in [0.1, 0.15) is 0 Å². The highest BCUT2D eigenvalue weighted by Gasteiger charge is 2.06. The number of hydrogen-bond acceptors (Lipinski definition) is 5. The molecule has 0 unspecified atom stereocenters. The molecule has 0 saturated heterocycles. The summed E-state index contributed by atoms with van der Waals surface area (Å²) in [4.78, 5) is 15.7. The number of rotatable bonds is 2. The third kappa shape index (κ3) is 2.19. The monoisotopic (exact) mass is 222 g/mol. The van der Waals surface area contributed by atoms with Gasteiger partial charge in [-0.2, -0.15) is 15.0 Å². The number of hydrogen-bond donors (Lipinski definition) is 0. The van der Waals surface area contributed by atoms with E-state index in [1.165, 1.54) is 7.11 Å². The van der Waals surface area contributed by atoms with Crippen LogP contribution >= 0.6 is 11.6 Å². The summed E-state index contributed by atoms with van der Waals surface area (Å²) in [5, 5.41) is 0.105. The summed E-state index contributed by atoms with van der Waals surface area (Å²) in [6.07, 6.45) is 3.30. The van der Waals surface area contributed by atoms with Crippen LogP contribution in [0.15, 0.2) is 24.5 Å². The molecule has 2 heterocycles. The molecule has 6 heteroatoms. The molecule has 0 atom stereocenters. The van der Waals surface area contributed by atoms with Crippen LogP contribution in [-0.4, -0.2) is 27.0 Å². The highest BCUT2D eigenvalue weighted by atomic mass is 35.5. The molecule has 0 aliphatic rings. The van der Waals surface area contributed by atoms with E-state index in [0.29, 0.717) is 5.82 Å². The van der Waals surface area contributed by atoms with Gasteiger partial charge in [0.2, 0.25) is 5.28 Å². The van der Waals surface area contributed by atoms with Gasteiger partial charge in [0.05, 0.1) is 7.11 Å². The predicted octanol–water partition coefficient (Wildman–Crippen LogP) is 1.60. The Morgan fingerprint density at radius 3 is 2.53 bits per heavy atom. The summed E-state index contributed by atoms with van der Waals surface area (Å²) >= 11 is 5.72. The Bertz CT molecular complexity index is 463. The lowest BCUT2D eigenvalue weighted by Crippen LogP contribution is -1.97. The molecule has 0 bridgehead atoms. The smallest absolute Gasteiger partial charge is 0.321 e. The van der Waals surface area contributed by atoms with E-state index in [1.54, 1.807) is 24.5 Å². The first-order valence-electron chi connectivity index (χ1n) is 4.15. The maximum atomic E-state index is 5.72. The van der Waals surface area contributed by atoms with Crippen molar-refractivity contribution in [3.8, 4) is 17.4 Å². The Labute approximate surface area is 91.1 Å². The lowest BCUT2D eigenvalue weighted by molar-refractivity contribution is 0.379. The second kappa shape index (κ2) is 4.18. The maximum Gasteiger partial charge on any atom is 0.321 e. The molecule has 15 heavy (non-hydrogen) atoms. The average Bonchev–Trinajstić information content (AvgIpc) is 2.29. The fourth-order valence-electron chi connectivity index (χ4n) is 1.05. The standard InChI is InChI=1S/C9H7ClN4O/c1-15-9-13-7(12-8(10)14-9)6-2-4-11-5-3-6/h2-5H,1H3. The van der Waals surface area contributed by atoms with Crippen molar-refractivity contribution in [2.75, 3.05) is 7.11 Å². The number of nitrogens with zero attached hydrogens (tertiary/aromatic N) is 4. The van der Waals surface area contributed by atoms with Gasteiger partial charge in [-0.15, -0.1) is 0 Å². The van der Waals surface area contributed by atoms with Crippen molar-refractivity contribution in [3.05, 3.63) is 29.8 Å². The molecule has 0 aromatic carbocycles. The molecule has 2 aromatic rings. The van der Waals surface area contributed by atoms with Gasteiger partial charge in [0, 0.05) is 18.0 Å². The fourth-order valence-corrected chi connectivity index (χ4v) is 1.21. The van der Waals surface area contributed by atoms with E-state index in [-0.39, 0.29) is 11.3 Å². The number of ether oxygens (including phenoxy) is 1. The maximum absolute atomic E-state index is 5.72. The van der Waals surface area contributed by atoms with Crippen LogP contribution in [0.3, 0.4) is 0 Å². The van der Waals surface area contributed by atoms with Gasteiger partial charge in [-0.05, 0) is 23.7 Å². The quantitative estimate of drug-likeness (QED) is 0.772. The number of methoxy groups -OCH3 is 1. The summed E-state index contributed by atoms with van der Waals surface area (Å²) in [5.74, 6) is 0.467. The molecular formula is C9H7ClN4O. The molecule has 5 nitrogen and oxygen atoms in total. The largest absolute Gasteiger partial charge is 0.467 e. The number of halogens is 1. The lowest BCUT2D eigenvalue weighted by Gasteiger charge is -2.02. The minimum atomic E-state index is 0.105. The molecule has 0 aliphatic heterocycles. The number of aromatic nitrogens is 4. The van der Waals surface area contributed by atoms with Gasteiger partial charge in [-0.25, -0.2) is 0 Å². The van der Waals surface area contributed by atoms with Crippen LogP contribution < -0.4 is 4.74 Å². The van der Waals surface area contributed by atoms with E-state index in [4.69, 9.17) is 16.3 Å². The van der Waals surface area contributed by atoms with Crippen molar-refractivity contribution in [1.29, 1.82) is 0 Å². The van der Waals surface area contributed by atoms with Crippen LogP contribution in [0.4, 0.5) is 0 Å². The van der Waals surface area contributed by atoms with E-state index in [1.807, 2.05) is 0 Å². The Balaban J connectivity index is 2.49. The normalized spacial score (nSPS) is 10.0. The Morgan fingerprint density at radius 1 is 1.13 bits per heavy atom. The van der Waals surface area contributed by atoms with Gasteiger partial charge in [-0.3, -0.25) is 4.98 Å². The summed E-state index contributed by atoms with van der Waals surface area (Å²) in [6, 6.07) is 3.76. The molecule has 0 N–H and O–H groups in total. The molecular weight excluding hydrogens is 216 g/mol. The molecule has 0 aliphatic carbocycles. The molecule has 76 valence electrons. The van der Waals surface area contributed by atoms with Crippen molar-refractivity contribution < 1.29 is 4.74 Å². The molecule has 0 spiro atoms. The molecule has 2 rings (SSSR count). The first-order valence-corrected chi connectivity index (χ1v) is 4.53. The molecule has 0 fully saturated rings. The summed E-state index contributed by atoms with van der Waals surface area (Å²) in [5.41, 5.74) is 0.813. The van der Waals surface area contributed by atoms with Crippen LogP contribution in [0.2, 0.25) is 5.28 Å². The first-order chi connectivity index (χ1) is 7.29. The van der Waals surface area contributed by atoms with Gasteiger partial charge in [0.1, 0.15) is 0 Å². The lowest BCUT2D eigenvalue weighted by atomic mass is 10.2. The van der Waals surface area contributed by atoms with Crippen molar-refractivity contribution in [3.63, 3.8) is 0 Å². The van der Waals surface area contributed by atoms with Crippen LogP contribution in [-0.2, 0) is 0 Å². The van der Waals surface area contributed by atoms with Gasteiger partial charge in [-0.1, -0.05) is 0 Å². The molecule has 2 aromatic heterocycles. The van der Waals surface area contributed by atoms with E-state index < -0.39 is 0 Å². The molecule has 0 radical (unpaired) electrons. The average molecular weight is 223 g/mol. The zero-order chi connectivity index (χ0) is 10.7.